The fraction of sp³-hybridized carbons (Fsp3) is 0.750. The summed E-state index contributed by atoms with van der Waals surface area (Å²) in [6.07, 6.45) is 6.38. The van der Waals surface area contributed by atoms with Gasteiger partial charge in [0, 0.05) is 30.4 Å². The summed E-state index contributed by atoms with van der Waals surface area (Å²) >= 11 is 1.91. The highest BCUT2D eigenvalue weighted by Gasteiger charge is 2.26. The van der Waals surface area contributed by atoms with E-state index in [9.17, 15) is 0 Å². The molecule has 2 aliphatic rings. The molecule has 0 radical (unpaired) electrons. The van der Waals surface area contributed by atoms with Gasteiger partial charge in [0.1, 0.15) is 0 Å². The second-order valence-electron chi connectivity index (χ2n) is 4.82. The molecule has 1 aromatic rings. The molecular weight excluding hydrogens is 218 g/mol. The first-order valence-corrected chi connectivity index (χ1v) is 7.14. The van der Waals surface area contributed by atoms with Crippen molar-refractivity contribution in [3.8, 4) is 0 Å². The molecule has 0 amide bonds. The van der Waals surface area contributed by atoms with E-state index in [1.807, 2.05) is 11.3 Å². The van der Waals surface area contributed by atoms with Crippen LogP contribution in [0.3, 0.4) is 0 Å². The Hall–Kier alpha value is -0.610. The van der Waals surface area contributed by atoms with Crippen molar-refractivity contribution in [2.45, 2.75) is 38.0 Å². The van der Waals surface area contributed by atoms with Crippen LogP contribution in [0.1, 0.15) is 42.2 Å². The van der Waals surface area contributed by atoms with Gasteiger partial charge in [-0.15, -0.1) is 11.3 Å². The van der Waals surface area contributed by atoms with Crippen LogP contribution >= 0.6 is 11.3 Å². The molecule has 3 nitrogen and oxygen atoms in total. The number of rotatable bonds is 2. The van der Waals surface area contributed by atoms with Crippen molar-refractivity contribution >= 4 is 16.5 Å². The average molecular weight is 237 g/mol. The van der Waals surface area contributed by atoms with E-state index in [1.165, 1.54) is 60.9 Å². The Morgan fingerprint density at radius 1 is 1.31 bits per heavy atom. The summed E-state index contributed by atoms with van der Waals surface area (Å²) in [6.45, 7) is 3.15. The summed E-state index contributed by atoms with van der Waals surface area (Å²) in [5, 5.41) is 1.25. The summed E-state index contributed by atoms with van der Waals surface area (Å²) in [5.41, 5.74) is 7.15. The zero-order chi connectivity index (χ0) is 11.0. The normalized spacial score (nSPS) is 24.8. The third kappa shape index (κ3) is 1.74. The predicted octanol–water partition coefficient (Wildman–Crippen LogP) is 2.12. The molecular formula is C12H19N3S. The van der Waals surface area contributed by atoms with Gasteiger partial charge in [0.15, 0.2) is 5.13 Å². The van der Waals surface area contributed by atoms with Crippen molar-refractivity contribution in [1.29, 1.82) is 0 Å². The van der Waals surface area contributed by atoms with Crippen LogP contribution in [0.4, 0.5) is 5.13 Å². The Morgan fingerprint density at radius 2 is 2.12 bits per heavy atom. The molecule has 2 N–H and O–H groups in total. The Labute approximate surface area is 101 Å². The molecule has 0 aromatic carbocycles. The molecule has 3 rings (SSSR count). The van der Waals surface area contributed by atoms with Gasteiger partial charge in [-0.25, -0.2) is 4.98 Å². The fourth-order valence-electron chi connectivity index (χ4n) is 2.77. The maximum atomic E-state index is 5.83. The van der Waals surface area contributed by atoms with Crippen molar-refractivity contribution in [3.63, 3.8) is 0 Å². The van der Waals surface area contributed by atoms with Crippen molar-refractivity contribution in [2.24, 2.45) is 5.73 Å². The standard InChI is InChI=1S/C12H19N3S/c13-8-9-4-3-5-10-11(9)14-12(16-10)15-6-1-2-7-15/h9H,1-8,13H2. The van der Waals surface area contributed by atoms with Crippen molar-refractivity contribution < 1.29 is 0 Å². The second kappa shape index (κ2) is 4.34. The highest BCUT2D eigenvalue weighted by Crippen LogP contribution is 2.38. The lowest BCUT2D eigenvalue weighted by atomic mass is 9.91. The first-order valence-electron chi connectivity index (χ1n) is 6.33. The van der Waals surface area contributed by atoms with Crippen LogP contribution in [-0.4, -0.2) is 24.6 Å². The summed E-state index contributed by atoms with van der Waals surface area (Å²) in [7, 11) is 0. The molecule has 1 saturated heterocycles. The summed E-state index contributed by atoms with van der Waals surface area (Å²) in [5.74, 6) is 0.524. The van der Waals surface area contributed by atoms with Gasteiger partial charge in [0.25, 0.3) is 0 Å². The van der Waals surface area contributed by atoms with Gasteiger partial charge >= 0.3 is 0 Å². The molecule has 1 unspecified atom stereocenters. The van der Waals surface area contributed by atoms with E-state index >= 15 is 0 Å². The molecule has 1 aliphatic carbocycles. The number of hydrogen-bond donors (Lipinski definition) is 1. The molecule has 16 heavy (non-hydrogen) atoms. The number of nitrogens with two attached hydrogens (primary N) is 1. The van der Waals surface area contributed by atoms with Crippen LogP contribution in [0.2, 0.25) is 0 Å². The Kier molecular flexibility index (Phi) is 2.86. The van der Waals surface area contributed by atoms with E-state index in [2.05, 4.69) is 4.90 Å². The van der Waals surface area contributed by atoms with Gasteiger partial charge in [-0.1, -0.05) is 0 Å². The quantitative estimate of drug-likeness (QED) is 0.856. The van der Waals surface area contributed by atoms with Gasteiger partial charge in [-0.2, -0.15) is 0 Å². The number of aromatic nitrogens is 1. The van der Waals surface area contributed by atoms with Gasteiger partial charge in [0.2, 0.25) is 0 Å². The van der Waals surface area contributed by atoms with Crippen molar-refractivity contribution in [1.82, 2.24) is 4.98 Å². The third-order valence-electron chi connectivity index (χ3n) is 3.72. The zero-order valence-corrected chi connectivity index (χ0v) is 10.4. The number of thiazole rings is 1. The molecule has 1 atom stereocenters. The highest BCUT2D eigenvalue weighted by atomic mass is 32.1. The molecule has 4 heteroatoms. The summed E-state index contributed by atoms with van der Waals surface area (Å²) < 4.78 is 0. The first kappa shape index (κ1) is 10.5. The predicted molar refractivity (Wildman–Crippen MR) is 68.3 cm³/mol. The van der Waals surface area contributed by atoms with Crippen LogP contribution in [0.5, 0.6) is 0 Å². The second-order valence-corrected chi connectivity index (χ2v) is 5.89. The fourth-order valence-corrected chi connectivity index (χ4v) is 4.01. The lowest BCUT2D eigenvalue weighted by Crippen LogP contribution is -2.19. The first-order chi connectivity index (χ1) is 7.88. The maximum Gasteiger partial charge on any atom is 0.185 e. The van der Waals surface area contributed by atoms with Crippen LogP contribution in [0.25, 0.3) is 0 Å². The molecule has 2 heterocycles. The molecule has 1 aliphatic heterocycles. The molecule has 1 aromatic heterocycles. The number of hydrogen-bond acceptors (Lipinski definition) is 4. The smallest absolute Gasteiger partial charge is 0.185 e. The van der Waals surface area contributed by atoms with E-state index in [4.69, 9.17) is 10.7 Å². The van der Waals surface area contributed by atoms with Crippen molar-refractivity contribution in [3.05, 3.63) is 10.6 Å². The Morgan fingerprint density at radius 3 is 2.88 bits per heavy atom. The Balaban J connectivity index is 1.89. The van der Waals surface area contributed by atoms with Gasteiger partial charge < -0.3 is 10.6 Å². The number of aryl methyl sites for hydroxylation is 1. The van der Waals surface area contributed by atoms with E-state index < -0.39 is 0 Å². The molecule has 0 bridgehead atoms. The Bertz CT molecular complexity index is 368. The molecule has 0 saturated carbocycles. The zero-order valence-electron chi connectivity index (χ0n) is 9.61. The molecule has 0 spiro atoms. The lowest BCUT2D eigenvalue weighted by molar-refractivity contribution is 0.554. The van der Waals surface area contributed by atoms with Gasteiger partial charge in [0.05, 0.1) is 5.69 Å². The van der Waals surface area contributed by atoms with Crippen LogP contribution < -0.4 is 10.6 Å². The lowest BCUT2D eigenvalue weighted by Gasteiger charge is -2.18. The minimum atomic E-state index is 0.524. The van der Waals surface area contributed by atoms with Gasteiger partial charge in [-0.3, -0.25) is 0 Å². The monoisotopic (exact) mass is 237 g/mol. The highest BCUT2D eigenvalue weighted by molar-refractivity contribution is 7.15. The summed E-state index contributed by atoms with van der Waals surface area (Å²) in [4.78, 5) is 8.79. The van der Waals surface area contributed by atoms with E-state index in [0.717, 1.165) is 6.54 Å². The SMILES string of the molecule is NCC1CCCc2sc(N3CCCC3)nc21. The number of fused-ring (bicyclic) bond motifs is 1. The topological polar surface area (TPSA) is 42.1 Å². The number of anilines is 1. The maximum absolute atomic E-state index is 5.83. The van der Waals surface area contributed by atoms with Crippen LogP contribution in [-0.2, 0) is 6.42 Å². The summed E-state index contributed by atoms with van der Waals surface area (Å²) in [6, 6.07) is 0. The minimum absolute atomic E-state index is 0.524. The van der Waals surface area contributed by atoms with Gasteiger partial charge in [-0.05, 0) is 32.1 Å². The van der Waals surface area contributed by atoms with E-state index in [1.54, 1.807) is 0 Å². The van der Waals surface area contributed by atoms with Crippen LogP contribution in [0.15, 0.2) is 0 Å². The average Bonchev–Trinajstić information content (AvgIpc) is 2.96. The van der Waals surface area contributed by atoms with E-state index in [0.29, 0.717) is 5.92 Å². The van der Waals surface area contributed by atoms with Crippen LogP contribution in [0, 0.1) is 0 Å². The largest absolute Gasteiger partial charge is 0.348 e. The third-order valence-corrected chi connectivity index (χ3v) is 4.91. The van der Waals surface area contributed by atoms with Crippen molar-refractivity contribution in [2.75, 3.05) is 24.5 Å². The van der Waals surface area contributed by atoms with E-state index in [-0.39, 0.29) is 0 Å². The number of nitrogens with zero attached hydrogens (tertiary/aromatic N) is 2. The molecule has 88 valence electrons. The minimum Gasteiger partial charge on any atom is -0.348 e. The molecule has 1 fully saturated rings.